The van der Waals surface area contributed by atoms with Gasteiger partial charge in [0.15, 0.2) is 0 Å². The van der Waals surface area contributed by atoms with Crippen LogP contribution in [0.5, 0.6) is 0 Å². The van der Waals surface area contributed by atoms with Crippen molar-refractivity contribution in [3.63, 3.8) is 0 Å². The molecule has 0 saturated heterocycles. The molecule has 0 aliphatic carbocycles. The molecule has 5 heteroatoms. The minimum Gasteiger partial charge on any atom is -0.274 e. The van der Waals surface area contributed by atoms with E-state index in [-0.39, 0.29) is 11.7 Å². The van der Waals surface area contributed by atoms with Crippen LogP contribution in [0.4, 0.5) is 4.39 Å². The van der Waals surface area contributed by atoms with Crippen LogP contribution in [0.25, 0.3) is 0 Å². The number of halogens is 1. The molecule has 0 N–H and O–H groups in total. The van der Waals surface area contributed by atoms with Gasteiger partial charge in [0.25, 0.3) is 5.91 Å². The number of nitrogens with zero attached hydrogens (tertiary/aromatic N) is 1. The zero-order valence-electron chi connectivity index (χ0n) is 10.9. The van der Waals surface area contributed by atoms with Crippen molar-refractivity contribution in [2.45, 2.75) is 13.8 Å². The molecule has 17 heavy (non-hydrogen) atoms. The maximum atomic E-state index is 12.5. The smallest absolute Gasteiger partial charge is 0.274 e. The minimum atomic E-state index is -0.364. The van der Waals surface area contributed by atoms with Crippen LogP contribution in [0.2, 0.25) is 0 Å². The average Bonchev–Trinajstić information content (AvgIpc) is 2.42. The van der Waals surface area contributed by atoms with E-state index >= 15 is 0 Å². The molecule has 0 fully saturated rings. The first-order valence-electron chi connectivity index (χ1n) is 5.17. The lowest BCUT2D eigenvalue weighted by atomic mass is 10.2. The first-order chi connectivity index (χ1) is 8.15. The molecular weight excluding hydrogens is 241 g/mol. The summed E-state index contributed by atoms with van der Waals surface area (Å²) in [6.07, 6.45) is 1.69. The third-order valence-corrected chi connectivity index (χ3v) is 1.65. The van der Waals surface area contributed by atoms with Gasteiger partial charge in [0.2, 0.25) is 0 Å². The molecule has 0 bridgehead atoms. The van der Waals surface area contributed by atoms with E-state index in [1.807, 2.05) is 13.8 Å². The fourth-order valence-corrected chi connectivity index (χ4v) is 0.857. The number of carbonyl (C=O) groups is 1. The highest BCUT2D eigenvalue weighted by Gasteiger charge is 2.10. The molecule has 0 heterocycles. The van der Waals surface area contributed by atoms with E-state index < -0.39 is 0 Å². The van der Waals surface area contributed by atoms with Gasteiger partial charge in [-0.15, -0.1) is 0 Å². The van der Waals surface area contributed by atoms with Gasteiger partial charge in [-0.25, -0.2) is 9.45 Å². The van der Waals surface area contributed by atoms with Crippen LogP contribution >= 0.6 is 12.6 Å². The fraction of sp³-hybridized carbons (Fsp3) is 0.417. The summed E-state index contributed by atoms with van der Waals surface area (Å²) >= 11 is 3.53. The molecule has 1 amide bonds. The Bertz CT molecular complexity index is 304. The predicted molar refractivity (Wildman–Crippen MR) is 71.8 cm³/mol. The molecule has 1 rings (SSSR count). The van der Waals surface area contributed by atoms with Crippen molar-refractivity contribution in [2.24, 2.45) is 0 Å². The summed E-state index contributed by atoms with van der Waals surface area (Å²) in [5.74, 6) is -0.667. The monoisotopic (exact) mass is 261 g/mol. The van der Waals surface area contributed by atoms with Gasteiger partial charge in [0.05, 0.1) is 7.11 Å². The topological polar surface area (TPSA) is 29.5 Å². The molecule has 3 nitrogen and oxygen atoms in total. The van der Waals surface area contributed by atoms with Crippen molar-refractivity contribution in [1.82, 2.24) is 5.06 Å². The highest BCUT2D eigenvalue weighted by atomic mass is 32.1. The van der Waals surface area contributed by atoms with Crippen molar-refractivity contribution < 1.29 is 14.0 Å². The summed E-state index contributed by atoms with van der Waals surface area (Å²) in [5.41, 5.74) is 0.394. The number of benzene rings is 1. The zero-order valence-corrected chi connectivity index (χ0v) is 11.8. The Balaban J connectivity index is 0. The van der Waals surface area contributed by atoms with Crippen LogP contribution < -0.4 is 0 Å². The molecule has 1 aromatic rings. The molecule has 0 atom stereocenters. The van der Waals surface area contributed by atoms with E-state index in [2.05, 4.69) is 17.5 Å². The molecule has 0 unspecified atom stereocenters. The zero-order chi connectivity index (χ0) is 13.8. The average molecular weight is 261 g/mol. The molecule has 0 radical (unpaired) electrons. The Morgan fingerprint density at radius 2 is 1.65 bits per heavy atom. The number of thiol groups is 1. The third kappa shape index (κ3) is 6.97. The number of amides is 1. The first-order valence-corrected chi connectivity index (χ1v) is 6.07. The summed E-state index contributed by atoms with van der Waals surface area (Å²) in [7, 11) is 2.88. The largest absolute Gasteiger partial charge is 0.277 e. The summed E-state index contributed by atoms with van der Waals surface area (Å²) < 4.78 is 12.5. The molecule has 0 aromatic heterocycles. The molecule has 0 spiro atoms. The second-order valence-corrected chi connectivity index (χ2v) is 2.49. The van der Waals surface area contributed by atoms with Crippen molar-refractivity contribution in [1.29, 1.82) is 0 Å². The molecule has 0 saturated carbocycles. The Morgan fingerprint density at radius 3 is 2.00 bits per heavy atom. The maximum Gasteiger partial charge on any atom is 0.277 e. The van der Waals surface area contributed by atoms with Gasteiger partial charge in [-0.3, -0.25) is 9.63 Å². The van der Waals surface area contributed by atoms with E-state index in [1.54, 1.807) is 6.26 Å². The van der Waals surface area contributed by atoms with Crippen molar-refractivity contribution >= 4 is 18.5 Å². The normalized spacial score (nSPS) is 8.18. The molecule has 0 aliphatic rings. The lowest BCUT2D eigenvalue weighted by Crippen LogP contribution is -2.25. The Labute approximate surface area is 108 Å². The molecular formula is C12H20FNO2S. The highest BCUT2D eigenvalue weighted by Crippen LogP contribution is 2.05. The van der Waals surface area contributed by atoms with E-state index in [9.17, 15) is 9.18 Å². The van der Waals surface area contributed by atoms with Gasteiger partial charge < -0.3 is 0 Å². The number of hydrogen-bond donors (Lipinski definition) is 1. The van der Waals surface area contributed by atoms with Crippen LogP contribution in [0.3, 0.4) is 0 Å². The third-order valence-electron chi connectivity index (χ3n) is 1.65. The van der Waals surface area contributed by atoms with Crippen LogP contribution in [0.15, 0.2) is 24.3 Å². The van der Waals surface area contributed by atoms with Crippen molar-refractivity contribution in [2.75, 3.05) is 20.4 Å². The van der Waals surface area contributed by atoms with Crippen LogP contribution in [-0.4, -0.2) is 31.4 Å². The summed E-state index contributed by atoms with van der Waals surface area (Å²) in [6.45, 7) is 4.00. The van der Waals surface area contributed by atoms with Gasteiger partial charge in [-0.05, 0) is 30.5 Å². The van der Waals surface area contributed by atoms with Crippen molar-refractivity contribution in [3.05, 3.63) is 35.6 Å². The molecule has 1 aromatic carbocycles. The van der Waals surface area contributed by atoms with Gasteiger partial charge in [-0.2, -0.15) is 12.6 Å². The van der Waals surface area contributed by atoms with Crippen LogP contribution in [0, 0.1) is 5.82 Å². The lowest BCUT2D eigenvalue weighted by Gasteiger charge is -2.12. The second-order valence-electron chi connectivity index (χ2n) is 2.49. The SMILES string of the molecule is CC.CON(C)C(=O)c1ccc(F)cc1.CS. The molecule has 98 valence electrons. The van der Waals surface area contributed by atoms with Crippen molar-refractivity contribution in [3.8, 4) is 0 Å². The van der Waals surface area contributed by atoms with Gasteiger partial charge >= 0.3 is 0 Å². The van der Waals surface area contributed by atoms with E-state index in [1.165, 1.54) is 38.4 Å². The fourth-order valence-electron chi connectivity index (χ4n) is 0.857. The van der Waals surface area contributed by atoms with Crippen LogP contribution in [-0.2, 0) is 4.84 Å². The molecule has 0 aliphatic heterocycles. The summed E-state index contributed by atoms with van der Waals surface area (Å²) in [4.78, 5) is 16.1. The standard InChI is InChI=1S/C9H10FNO2.C2H6.CH4S/c1-11(13-2)9(12)7-3-5-8(10)6-4-7;2*1-2/h3-6H,1-2H3;1-2H3;2H,1H3. The van der Waals surface area contributed by atoms with E-state index in [4.69, 9.17) is 0 Å². The maximum absolute atomic E-state index is 12.5. The van der Waals surface area contributed by atoms with E-state index in [0.29, 0.717) is 5.56 Å². The first kappa shape index (κ1) is 18.3. The number of carbonyl (C=O) groups excluding carboxylic acids is 1. The number of hydroxylamine groups is 2. The quantitative estimate of drug-likeness (QED) is 0.655. The van der Waals surface area contributed by atoms with Gasteiger partial charge in [0, 0.05) is 12.6 Å². The minimum absolute atomic E-state index is 0.303. The Kier molecular flexibility index (Phi) is 12.3. The lowest BCUT2D eigenvalue weighted by molar-refractivity contribution is -0.0757. The van der Waals surface area contributed by atoms with E-state index in [0.717, 1.165) is 5.06 Å². The van der Waals surface area contributed by atoms with Gasteiger partial charge in [0.1, 0.15) is 5.82 Å². The second kappa shape index (κ2) is 11.4. The summed E-state index contributed by atoms with van der Waals surface area (Å²) in [6, 6.07) is 5.29. The van der Waals surface area contributed by atoms with Crippen LogP contribution in [0.1, 0.15) is 24.2 Å². The summed E-state index contributed by atoms with van der Waals surface area (Å²) in [5, 5.41) is 1.08. The number of hydrogen-bond acceptors (Lipinski definition) is 3. The highest BCUT2D eigenvalue weighted by molar-refractivity contribution is 7.79. The predicted octanol–water partition coefficient (Wildman–Crippen LogP) is 3.03. The Morgan fingerprint density at radius 1 is 1.24 bits per heavy atom. The number of rotatable bonds is 2. The Hall–Kier alpha value is -1.07. The van der Waals surface area contributed by atoms with Gasteiger partial charge in [-0.1, -0.05) is 13.8 Å².